The minimum absolute atomic E-state index is 0.0546. The molecule has 0 unspecified atom stereocenters. The molecule has 0 spiro atoms. The molecule has 4 heteroatoms. The lowest BCUT2D eigenvalue weighted by molar-refractivity contribution is 0.101. The highest BCUT2D eigenvalue weighted by Gasteiger charge is 2.03. The SMILES string of the molecule is CC(=O)c1ccnc(Sc2ccncc2)c1. The third kappa shape index (κ3) is 2.67. The van der Waals surface area contributed by atoms with E-state index in [2.05, 4.69) is 9.97 Å². The molecule has 2 heterocycles. The van der Waals surface area contributed by atoms with Gasteiger partial charge in [0.15, 0.2) is 5.78 Å². The first-order valence-electron chi connectivity index (χ1n) is 4.80. The van der Waals surface area contributed by atoms with Crippen molar-refractivity contribution in [1.82, 2.24) is 9.97 Å². The first-order valence-corrected chi connectivity index (χ1v) is 5.62. The van der Waals surface area contributed by atoms with Gasteiger partial charge in [0, 0.05) is 29.0 Å². The summed E-state index contributed by atoms with van der Waals surface area (Å²) in [6.07, 6.45) is 5.12. The van der Waals surface area contributed by atoms with Gasteiger partial charge in [0.25, 0.3) is 0 Å². The van der Waals surface area contributed by atoms with Crippen molar-refractivity contribution >= 4 is 17.5 Å². The third-order valence-electron chi connectivity index (χ3n) is 2.01. The number of hydrogen-bond acceptors (Lipinski definition) is 4. The van der Waals surface area contributed by atoms with E-state index in [1.54, 1.807) is 37.6 Å². The molecule has 0 radical (unpaired) electrons. The lowest BCUT2D eigenvalue weighted by Gasteiger charge is -2.01. The van der Waals surface area contributed by atoms with E-state index in [0.29, 0.717) is 5.56 Å². The number of Topliss-reactive ketones (excluding diaryl/α,β-unsaturated/α-hetero) is 1. The minimum atomic E-state index is 0.0546. The van der Waals surface area contributed by atoms with Gasteiger partial charge in [-0.3, -0.25) is 9.78 Å². The molecule has 80 valence electrons. The zero-order valence-electron chi connectivity index (χ0n) is 8.75. The van der Waals surface area contributed by atoms with Crippen molar-refractivity contribution in [2.45, 2.75) is 16.8 Å². The van der Waals surface area contributed by atoms with Gasteiger partial charge < -0.3 is 0 Å². The van der Waals surface area contributed by atoms with Crippen LogP contribution >= 0.6 is 11.8 Å². The van der Waals surface area contributed by atoms with Gasteiger partial charge >= 0.3 is 0 Å². The van der Waals surface area contributed by atoms with Crippen LogP contribution in [0.5, 0.6) is 0 Å². The van der Waals surface area contributed by atoms with Crippen LogP contribution in [0.1, 0.15) is 17.3 Å². The molecule has 2 aromatic rings. The van der Waals surface area contributed by atoms with Gasteiger partial charge in [0.2, 0.25) is 0 Å². The highest BCUT2D eigenvalue weighted by Crippen LogP contribution is 2.25. The highest BCUT2D eigenvalue weighted by molar-refractivity contribution is 7.99. The van der Waals surface area contributed by atoms with Crippen molar-refractivity contribution < 1.29 is 4.79 Å². The smallest absolute Gasteiger partial charge is 0.159 e. The number of hydrogen-bond donors (Lipinski definition) is 0. The van der Waals surface area contributed by atoms with Gasteiger partial charge in [-0.25, -0.2) is 4.98 Å². The Bertz CT molecular complexity index is 499. The fourth-order valence-corrected chi connectivity index (χ4v) is 2.01. The molecule has 0 saturated heterocycles. The van der Waals surface area contributed by atoms with Gasteiger partial charge in [0.1, 0.15) is 5.03 Å². The first-order chi connectivity index (χ1) is 7.75. The fourth-order valence-electron chi connectivity index (χ4n) is 1.21. The Labute approximate surface area is 97.9 Å². The van der Waals surface area contributed by atoms with Crippen molar-refractivity contribution in [3.63, 3.8) is 0 Å². The zero-order chi connectivity index (χ0) is 11.4. The normalized spacial score (nSPS) is 10.1. The lowest BCUT2D eigenvalue weighted by Crippen LogP contribution is -1.92. The number of aromatic nitrogens is 2. The summed E-state index contributed by atoms with van der Waals surface area (Å²) < 4.78 is 0. The van der Waals surface area contributed by atoms with Crippen LogP contribution in [0.3, 0.4) is 0 Å². The first kappa shape index (κ1) is 10.8. The monoisotopic (exact) mass is 230 g/mol. The number of ketones is 1. The molecule has 0 fully saturated rings. The quantitative estimate of drug-likeness (QED) is 0.760. The van der Waals surface area contributed by atoms with Crippen molar-refractivity contribution in [2.24, 2.45) is 0 Å². The summed E-state index contributed by atoms with van der Waals surface area (Å²) in [4.78, 5) is 20.4. The van der Waals surface area contributed by atoms with E-state index in [4.69, 9.17) is 0 Å². The fraction of sp³-hybridized carbons (Fsp3) is 0.0833. The predicted molar refractivity (Wildman–Crippen MR) is 62.6 cm³/mol. The van der Waals surface area contributed by atoms with Crippen LogP contribution in [0, 0.1) is 0 Å². The maximum Gasteiger partial charge on any atom is 0.159 e. The molecule has 0 aliphatic heterocycles. The molecule has 0 N–H and O–H groups in total. The van der Waals surface area contributed by atoms with Crippen LogP contribution in [0.2, 0.25) is 0 Å². The highest BCUT2D eigenvalue weighted by atomic mass is 32.2. The van der Waals surface area contributed by atoms with Crippen molar-refractivity contribution in [2.75, 3.05) is 0 Å². The van der Waals surface area contributed by atoms with Gasteiger partial charge in [-0.2, -0.15) is 0 Å². The topological polar surface area (TPSA) is 42.9 Å². The molecule has 16 heavy (non-hydrogen) atoms. The summed E-state index contributed by atoms with van der Waals surface area (Å²) >= 11 is 1.52. The molecule has 2 rings (SSSR count). The van der Waals surface area contributed by atoms with Crippen LogP contribution in [0.15, 0.2) is 52.8 Å². The number of carbonyl (C=O) groups excluding carboxylic acids is 1. The van der Waals surface area contributed by atoms with Gasteiger partial charge in [-0.1, -0.05) is 11.8 Å². The van der Waals surface area contributed by atoms with E-state index < -0.39 is 0 Å². The van der Waals surface area contributed by atoms with Crippen molar-refractivity contribution in [3.05, 3.63) is 48.4 Å². The second-order valence-electron chi connectivity index (χ2n) is 3.22. The number of carbonyl (C=O) groups is 1. The summed E-state index contributed by atoms with van der Waals surface area (Å²) in [6.45, 7) is 1.55. The lowest BCUT2D eigenvalue weighted by atomic mass is 10.2. The summed E-state index contributed by atoms with van der Waals surface area (Å²) in [6, 6.07) is 7.34. The zero-order valence-corrected chi connectivity index (χ0v) is 9.57. The molecular weight excluding hydrogens is 220 g/mol. The molecule has 0 aliphatic rings. The Morgan fingerprint density at radius 2 is 1.94 bits per heavy atom. The third-order valence-corrected chi connectivity index (χ3v) is 2.95. The summed E-state index contributed by atoms with van der Waals surface area (Å²) in [5.74, 6) is 0.0546. The van der Waals surface area contributed by atoms with Crippen LogP contribution < -0.4 is 0 Å². The minimum Gasteiger partial charge on any atom is -0.295 e. The van der Waals surface area contributed by atoms with E-state index in [1.165, 1.54) is 11.8 Å². The molecule has 0 aromatic carbocycles. The Morgan fingerprint density at radius 3 is 2.62 bits per heavy atom. The summed E-state index contributed by atoms with van der Waals surface area (Å²) in [5.41, 5.74) is 0.687. The van der Waals surface area contributed by atoms with Gasteiger partial charge in [0.05, 0.1) is 0 Å². The second kappa shape index (κ2) is 4.90. The molecule has 0 atom stereocenters. The maximum atomic E-state index is 11.2. The molecule has 3 nitrogen and oxygen atoms in total. The number of nitrogens with zero attached hydrogens (tertiary/aromatic N) is 2. The second-order valence-corrected chi connectivity index (χ2v) is 4.32. The molecule has 0 saturated carbocycles. The number of pyridine rings is 2. The molecule has 0 bridgehead atoms. The Hall–Kier alpha value is -1.68. The standard InChI is InChI=1S/C12H10N2OS/c1-9(15)10-2-7-14-12(8-10)16-11-3-5-13-6-4-11/h2-8H,1H3. The van der Waals surface area contributed by atoms with Crippen LogP contribution in [0.4, 0.5) is 0 Å². The van der Waals surface area contributed by atoms with Crippen molar-refractivity contribution in [1.29, 1.82) is 0 Å². The van der Waals surface area contributed by atoms with Crippen LogP contribution in [-0.4, -0.2) is 15.8 Å². The largest absolute Gasteiger partial charge is 0.295 e. The summed E-state index contributed by atoms with van der Waals surface area (Å²) in [7, 11) is 0. The molecular formula is C12H10N2OS. The predicted octanol–water partition coefficient (Wildman–Crippen LogP) is 2.83. The van der Waals surface area contributed by atoms with Crippen LogP contribution in [-0.2, 0) is 0 Å². The van der Waals surface area contributed by atoms with E-state index in [0.717, 1.165) is 9.92 Å². The Balaban J connectivity index is 2.22. The van der Waals surface area contributed by atoms with E-state index in [-0.39, 0.29) is 5.78 Å². The van der Waals surface area contributed by atoms with Crippen molar-refractivity contribution in [3.8, 4) is 0 Å². The maximum absolute atomic E-state index is 11.2. The van der Waals surface area contributed by atoms with E-state index >= 15 is 0 Å². The Kier molecular flexibility index (Phi) is 3.31. The Morgan fingerprint density at radius 1 is 1.19 bits per heavy atom. The number of rotatable bonds is 3. The molecule has 2 aromatic heterocycles. The van der Waals surface area contributed by atoms with E-state index in [1.807, 2.05) is 12.1 Å². The van der Waals surface area contributed by atoms with Gasteiger partial charge in [-0.15, -0.1) is 0 Å². The van der Waals surface area contributed by atoms with Gasteiger partial charge in [-0.05, 0) is 31.2 Å². The van der Waals surface area contributed by atoms with Crippen LogP contribution in [0.25, 0.3) is 0 Å². The average molecular weight is 230 g/mol. The summed E-state index contributed by atoms with van der Waals surface area (Å²) in [5, 5.41) is 0.818. The average Bonchev–Trinajstić information content (AvgIpc) is 2.30. The molecule has 0 amide bonds. The van der Waals surface area contributed by atoms with E-state index in [9.17, 15) is 4.79 Å². The molecule has 0 aliphatic carbocycles.